The Morgan fingerprint density at radius 3 is 2.49 bits per heavy atom. The van der Waals surface area contributed by atoms with E-state index in [0.717, 1.165) is 17.0 Å². The Morgan fingerprint density at radius 2 is 1.74 bits per heavy atom. The number of benzene rings is 3. The lowest BCUT2D eigenvalue weighted by molar-refractivity contribution is 0.0827. The number of aromatic nitrogens is 4. The van der Waals surface area contributed by atoms with Crippen LogP contribution >= 0.6 is 0 Å². The third kappa shape index (κ3) is 5.40. The van der Waals surface area contributed by atoms with Gasteiger partial charge in [0.1, 0.15) is 17.3 Å². The molecule has 194 valence electrons. The summed E-state index contributed by atoms with van der Waals surface area (Å²) in [5, 5.41) is 9.35. The maximum atomic E-state index is 12.5. The van der Waals surface area contributed by atoms with Gasteiger partial charge in [0.25, 0.3) is 11.8 Å². The first kappa shape index (κ1) is 25.4. The molecule has 0 atom stereocenters. The van der Waals surface area contributed by atoms with Gasteiger partial charge in [0.15, 0.2) is 11.2 Å². The Morgan fingerprint density at radius 1 is 0.949 bits per heavy atom. The minimum absolute atomic E-state index is 0.0467. The number of carbonyl (C=O) groups excluding carboxylic acids is 1. The van der Waals surface area contributed by atoms with Crippen LogP contribution in [0.3, 0.4) is 0 Å². The normalized spacial score (nSPS) is 10.7. The Hall–Kier alpha value is -5.23. The molecule has 0 fully saturated rings. The van der Waals surface area contributed by atoms with Crippen LogP contribution in [0.5, 0.6) is 23.4 Å². The topological polar surface area (TPSA) is 106 Å². The van der Waals surface area contributed by atoms with Crippen molar-refractivity contribution in [2.24, 2.45) is 0 Å². The van der Waals surface area contributed by atoms with E-state index in [9.17, 15) is 10.1 Å². The molecule has 39 heavy (non-hydrogen) atoms. The molecule has 0 bridgehead atoms. The molecule has 0 spiro atoms. The average molecular weight is 519 g/mol. The van der Waals surface area contributed by atoms with Crippen LogP contribution in [0.25, 0.3) is 11.2 Å². The number of imidazole rings is 1. The zero-order valence-corrected chi connectivity index (χ0v) is 22.0. The van der Waals surface area contributed by atoms with Crippen molar-refractivity contribution in [1.82, 2.24) is 24.4 Å². The van der Waals surface area contributed by atoms with Crippen molar-refractivity contribution in [3.8, 4) is 29.5 Å². The molecule has 0 saturated carbocycles. The molecule has 3 aromatic carbocycles. The summed E-state index contributed by atoms with van der Waals surface area (Å²) in [6, 6.07) is 24.2. The van der Waals surface area contributed by atoms with Crippen LogP contribution in [0.2, 0.25) is 0 Å². The van der Waals surface area contributed by atoms with Crippen LogP contribution < -0.4 is 9.47 Å². The number of ether oxygens (including phenoxy) is 2. The molecule has 0 aliphatic rings. The van der Waals surface area contributed by atoms with Crippen LogP contribution in [0.4, 0.5) is 0 Å². The summed E-state index contributed by atoms with van der Waals surface area (Å²) >= 11 is 0. The summed E-state index contributed by atoms with van der Waals surface area (Å²) in [7, 11) is 3.39. The summed E-state index contributed by atoms with van der Waals surface area (Å²) in [6.07, 6.45) is 0. The molecule has 0 N–H and O–H groups in total. The molecule has 0 aliphatic heterocycles. The van der Waals surface area contributed by atoms with E-state index in [4.69, 9.17) is 19.4 Å². The lowest BCUT2D eigenvalue weighted by atomic mass is 10.1. The van der Waals surface area contributed by atoms with Crippen LogP contribution in [0.1, 0.15) is 32.9 Å². The molecule has 5 rings (SSSR count). The van der Waals surface area contributed by atoms with E-state index in [1.54, 1.807) is 56.6 Å². The molecule has 0 unspecified atom stereocenters. The highest BCUT2D eigenvalue weighted by Gasteiger charge is 2.20. The first-order valence-electron chi connectivity index (χ1n) is 12.3. The van der Waals surface area contributed by atoms with Crippen molar-refractivity contribution in [2.75, 3.05) is 14.1 Å². The number of rotatable bonds is 7. The van der Waals surface area contributed by atoms with Gasteiger partial charge in [-0.3, -0.25) is 4.79 Å². The second-order valence-electron chi connectivity index (χ2n) is 9.24. The fourth-order valence-corrected chi connectivity index (χ4v) is 4.08. The van der Waals surface area contributed by atoms with Gasteiger partial charge in [-0.15, -0.1) is 0 Å². The first-order chi connectivity index (χ1) is 18.8. The fraction of sp³-hybridized carbons (Fsp3) is 0.167. The summed E-state index contributed by atoms with van der Waals surface area (Å²) in [6.45, 7) is 4.31. The Kier molecular flexibility index (Phi) is 6.93. The van der Waals surface area contributed by atoms with Crippen LogP contribution in [-0.2, 0) is 6.54 Å². The van der Waals surface area contributed by atoms with Crippen molar-refractivity contribution in [3.05, 3.63) is 101 Å². The van der Waals surface area contributed by atoms with Crippen molar-refractivity contribution < 1.29 is 14.3 Å². The van der Waals surface area contributed by atoms with E-state index in [1.807, 2.05) is 48.7 Å². The Bertz CT molecular complexity index is 1720. The zero-order valence-electron chi connectivity index (χ0n) is 22.0. The second kappa shape index (κ2) is 10.6. The lowest BCUT2D eigenvalue weighted by Gasteiger charge is -2.13. The number of amides is 1. The van der Waals surface area contributed by atoms with Gasteiger partial charge in [0.05, 0.1) is 18.2 Å². The largest absolute Gasteiger partial charge is 0.437 e. The molecule has 0 saturated heterocycles. The van der Waals surface area contributed by atoms with Gasteiger partial charge in [-0.25, -0.2) is 4.98 Å². The number of hydrogen-bond acceptors (Lipinski definition) is 7. The standard InChI is InChI=1S/C30H26N6O3/c1-19-13-14-22(17-31)15-25(19)39-30-33-27-26(32-20(2)36(27)18-21-9-6-5-7-10-21)28(34-30)38-24-12-8-11-23(16-24)29(37)35(3)4/h5-16H,18H2,1-4H3. The van der Waals surface area contributed by atoms with Crippen LogP contribution in [0.15, 0.2) is 72.8 Å². The first-order valence-corrected chi connectivity index (χ1v) is 12.3. The van der Waals surface area contributed by atoms with Gasteiger partial charge in [0, 0.05) is 19.7 Å². The highest BCUT2D eigenvalue weighted by molar-refractivity contribution is 5.94. The van der Waals surface area contributed by atoms with Crippen LogP contribution in [0, 0.1) is 25.2 Å². The van der Waals surface area contributed by atoms with E-state index in [1.165, 1.54) is 4.90 Å². The third-order valence-electron chi connectivity index (χ3n) is 6.14. The van der Waals surface area contributed by atoms with E-state index in [2.05, 4.69) is 11.1 Å². The average Bonchev–Trinajstić information content (AvgIpc) is 3.25. The maximum absolute atomic E-state index is 12.5. The van der Waals surface area contributed by atoms with Gasteiger partial charge in [-0.1, -0.05) is 42.5 Å². The lowest BCUT2D eigenvalue weighted by Crippen LogP contribution is -2.21. The van der Waals surface area contributed by atoms with Crippen molar-refractivity contribution >= 4 is 17.1 Å². The quantitative estimate of drug-likeness (QED) is 0.274. The van der Waals surface area contributed by atoms with Gasteiger partial charge in [-0.05, 0) is 55.3 Å². The van der Waals surface area contributed by atoms with Crippen molar-refractivity contribution in [2.45, 2.75) is 20.4 Å². The number of carbonyl (C=O) groups is 1. The number of nitriles is 1. The molecule has 9 heteroatoms. The number of nitrogens with zero attached hydrogens (tertiary/aromatic N) is 6. The minimum Gasteiger partial charge on any atom is -0.437 e. The molecular weight excluding hydrogens is 492 g/mol. The van der Waals surface area contributed by atoms with E-state index in [-0.39, 0.29) is 17.8 Å². The van der Waals surface area contributed by atoms with Gasteiger partial charge in [-0.2, -0.15) is 15.2 Å². The molecule has 0 radical (unpaired) electrons. The monoisotopic (exact) mass is 518 g/mol. The Labute approximate surface area is 225 Å². The van der Waals surface area contributed by atoms with Gasteiger partial charge in [0.2, 0.25) is 0 Å². The summed E-state index contributed by atoms with van der Waals surface area (Å²) in [4.78, 5) is 28.0. The van der Waals surface area contributed by atoms with Crippen LogP contribution in [-0.4, -0.2) is 44.4 Å². The summed E-state index contributed by atoms with van der Waals surface area (Å²) in [5.41, 5.74) is 3.84. The SMILES string of the molecule is Cc1ccc(C#N)cc1Oc1nc(Oc2cccc(C(=O)N(C)C)c2)c2nc(C)n(Cc3ccccc3)c2n1. The van der Waals surface area contributed by atoms with Gasteiger partial charge >= 0.3 is 6.01 Å². The van der Waals surface area contributed by atoms with Crippen molar-refractivity contribution in [3.63, 3.8) is 0 Å². The molecular formula is C30H26N6O3. The predicted molar refractivity (Wildman–Crippen MR) is 146 cm³/mol. The third-order valence-corrected chi connectivity index (χ3v) is 6.14. The smallest absolute Gasteiger partial charge is 0.327 e. The molecule has 1 amide bonds. The molecule has 0 aliphatic carbocycles. The van der Waals surface area contributed by atoms with E-state index in [0.29, 0.717) is 40.3 Å². The second-order valence-corrected chi connectivity index (χ2v) is 9.24. The fourth-order valence-electron chi connectivity index (χ4n) is 4.08. The molecule has 2 aromatic heterocycles. The number of hydrogen-bond donors (Lipinski definition) is 0. The summed E-state index contributed by atoms with van der Waals surface area (Å²) < 4.78 is 14.3. The number of fused-ring (bicyclic) bond motifs is 1. The molecule has 5 aromatic rings. The minimum atomic E-state index is -0.145. The van der Waals surface area contributed by atoms with E-state index < -0.39 is 0 Å². The maximum Gasteiger partial charge on any atom is 0.327 e. The highest BCUT2D eigenvalue weighted by atomic mass is 16.5. The molecule has 9 nitrogen and oxygen atoms in total. The zero-order chi connectivity index (χ0) is 27.5. The van der Waals surface area contributed by atoms with Crippen molar-refractivity contribution in [1.29, 1.82) is 5.26 Å². The Balaban J connectivity index is 1.62. The molecule has 2 heterocycles. The predicted octanol–water partition coefficient (Wildman–Crippen LogP) is 5.65. The van der Waals surface area contributed by atoms with Gasteiger partial charge < -0.3 is 18.9 Å². The number of aryl methyl sites for hydroxylation is 2. The summed E-state index contributed by atoms with van der Waals surface area (Å²) in [5.74, 6) is 1.65. The van der Waals surface area contributed by atoms with E-state index >= 15 is 0 Å². The highest BCUT2D eigenvalue weighted by Crippen LogP contribution is 2.32.